The quantitative estimate of drug-likeness (QED) is 0.440. The van der Waals surface area contributed by atoms with Crippen LogP contribution in [-0.2, 0) is 15.2 Å². The summed E-state index contributed by atoms with van der Waals surface area (Å²) >= 11 is 5.61. The molecule has 1 unspecified atom stereocenters. The van der Waals surface area contributed by atoms with Gasteiger partial charge >= 0.3 is 5.69 Å². The van der Waals surface area contributed by atoms with E-state index in [1.165, 1.54) is 20.0 Å². The summed E-state index contributed by atoms with van der Waals surface area (Å²) in [6.07, 6.45) is -3.85. The van der Waals surface area contributed by atoms with Gasteiger partial charge < -0.3 is 24.8 Å². The second-order valence-electron chi connectivity index (χ2n) is 5.67. The third kappa shape index (κ3) is 3.03. The molecule has 0 saturated carbocycles. The number of halogens is 1. The number of aliphatic hydroxyl groups is 3. The molecule has 0 bridgehead atoms. The fraction of sp³-hybridized carbons (Fsp3) is 0.714. The summed E-state index contributed by atoms with van der Waals surface area (Å²) in [6.45, 7) is 2.56. The van der Waals surface area contributed by atoms with Crippen LogP contribution in [0.5, 0.6) is 0 Å². The van der Waals surface area contributed by atoms with Crippen molar-refractivity contribution < 1.29 is 24.8 Å². The molecule has 1 aliphatic heterocycles. The second-order valence-corrected chi connectivity index (χ2v) is 6.05. The molecule has 136 valence electrons. The van der Waals surface area contributed by atoms with E-state index in [2.05, 4.69) is 4.98 Å². The van der Waals surface area contributed by atoms with Gasteiger partial charge in [-0.25, -0.2) is 4.79 Å². The molecular weight excluding hydrogens is 344 g/mol. The zero-order valence-electron chi connectivity index (χ0n) is 13.3. The predicted molar refractivity (Wildman–Crippen MR) is 84.1 cm³/mol. The van der Waals surface area contributed by atoms with Gasteiger partial charge in [-0.1, -0.05) is 0 Å². The lowest BCUT2D eigenvalue weighted by Gasteiger charge is -2.38. The third-order valence-electron chi connectivity index (χ3n) is 4.17. The van der Waals surface area contributed by atoms with Crippen molar-refractivity contribution in [3.63, 3.8) is 0 Å². The van der Waals surface area contributed by atoms with E-state index in [0.29, 0.717) is 0 Å². The van der Waals surface area contributed by atoms with Crippen molar-refractivity contribution in [3.8, 4) is 0 Å². The number of aryl methyl sites for hydroxylation is 1. The molecule has 0 spiro atoms. The van der Waals surface area contributed by atoms with Crippen LogP contribution in [0.2, 0.25) is 0 Å². The molecule has 5 atom stereocenters. The minimum Gasteiger partial charge on any atom is -0.394 e. The van der Waals surface area contributed by atoms with Crippen LogP contribution in [0.1, 0.15) is 12.5 Å². The summed E-state index contributed by atoms with van der Waals surface area (Å²) in [7, 11) is 0. The highest BCUT2D eigenvalue weighted by molar-refractivity contribution is 6.17. The van der Waals surface area contributed by atoms with Crippen molar-refractivity contribution >= 4 is 11.6 Å². The minimum absolute atomic E-state index is 0.109. The molecule has 4 N–H and O–H groups in total. The molecule has 1 aromatic rings. The SMILES string of the molecule is Cc1cn([C@]2(C(C)OCCCl)O[C@H](CO)[C@@H](O)[C@H]2O)c(=O)[nH]c1=O. The Balaban J connectivity index is 2.62. The van der Waals surface area contributed by atoms with Gasteiger partial charge in [0.2, 0.25) is 5.72 Å². The van der Waals surface area contributed by atoms with Crippen LogP contribution >= 0.6 is 11.6 Å². The number of hydrogen-bond donors (Lipinski definition) is 4. The van der Waals surface area contributed by atoms with E-state index in [9.17, 15) is 24.9 Å². The van der Waals surface area contributed by atoms with Crippen molar-refractivity contribution in [2.45, 2.75) is 44.0 Å². The first kappa shape index (κ1) is 19.1. The zero-order chi connectivity index (χ0) is 18.1. The number of rotatable bonds is 6. The Labute approximate surface area is 142 Å². The lowest BCUT2D eigenvalue weighted by molar-refractivity contribution is -0.217. The topological polar surface area (TPSA) is 134 Å². The molecule has 0 radical (unpaired) electrons. The van der Waals surface area contributed by atoms with Crippen LogP contribution in [-0.4, -0.2) is 68.4 Å². The third-order valence-corrected chi connectivity index (χ3v) is 4.33. The molecular formula is C14H21ClN2O7. The van der Waals surface area contributed by atoms with Crippen molar-refractivity contribution in [2.75, 3.05) is 19.1 Å². The molecule has 0 aliphatic carbocycles. The Morgan fingerprint density at radius 1 is 1.50 bits per heavy atom. The summed E-state index contributed by atoms with van der Waals surface area (Å²) in [6, 6.07) is 0. The van der Waals surface area contributed by atoms with Crippen LogP contribution in [0.15, 0.2) is 15.8 Å². The van der Waals surface area contributed by atoms with E-state index in [1.807, 2.05) is 0 Å². The lowest BCUT2D eigenvalue weighted by atomic mass is 9.97. The van der Waals surface area contributed by atoms with Crippen molar-refractivity contribution in [1.82, 2.24) is 9.55 Å². The maximum absolute atomic E-state index is 12.3. The fourth-order valence-corrected chi connectivity index (χ4v) is 2.96. The number of aromatic amines is 1. The van der Waals surface area contributed by atoms with Gasteiger partial charge in [0.25, 0.3) is 5.56 Å². The zero-order valence-corrected chi connectivity index (χ0v) is 14.1. The molecule has 2 heterocycles. The van der Waals surface area contributed by atoms with E-state index in [1.54, 1.807) is 0 Å². The normalized spacial score (nSPS) is 31.3. The van der Waals surface area contributed by atoms with Gasteiger partial charge in [0.1, 0.15) is 24.4 Å². The molecule has 1 aliphatic rings. The molecule has 0 aromatic carbocycles. The smallest absolute Gasteiger partial charge is 0.330 e. The predicted octanol–water partition coefficient (Wildman–Crippen LogP) is -1.75. The summed E-state index contributed by atoms with van der Waals surface area (Å²) < 4.78 is 12.2. The van der Waals surface area contributed by atoms with E-state index in [0.717, 1.165) is 4.57 Å². The molecule has 9 nitrogen and oxygen atoms in total. The molecule has 2 rings (SSSR count). The van der Waals surface area contributed by atoms with E-state index < -0.39 is 48.0 Å². The van der Waals surface area contributed by atoms with Gasteiger partial charge in [0.15, 0.2) is 0 Å². The Bertz CT molecular complexity index is 690. The van der Waals surface area contributed by atoms with Crippen molar-refractivity contribution in [3.05, 3.63) is 32.6 Å². The van der Waals surface area contributed by atoms with Gasteiger partial charge in [-0.05, 0) is 13.8 Å². The number of nitrogens with one attached hydrogen (secondary N) is 1. The van der Waals surface area contributed by atoms with Crippen molar-refractivity contribution in [1.29, 1.82) is 0 Å². The molecule has 10 heteroatoms. The lowest BCUT2D eigenvalue weighted by Crippen LogP contribution is -2.58. The Morgan fingerprint density at radius 2 is 2.17 bits per heavy atom. The first-order chi connectivity index (χ1) is 11.3. The monoisotopic (exact) mass is 364 g/mol. The summed E-state index contributed by atoms with van der Waals surface area (Å²) in [4.78, 5) is 26.0. The van der Waals surface area contributed by atoms with Crippen LogP contribution < -0.4 is 11.2 Å². The largest absolute Gasteiger partial charge is 0.394 e. The minimum atomic E-state index is -1.83. The molecule has 1 saturated heterocycles. The first-order valence-electron chi connectivity index (χ1n) is 7.45. The van der Waals surface area contributed by atoms with E-state index in [4.69, 9.17) is 21.1 Å². The fourth-order valence-electron chi connectivity index (χ4n) is 2.87. The number of aliphatic hydroxyl groups excluding tert-OH is 3. The maximum atomic E-state index is 12.3. The average molecular weight is 365 g/mol. The van der Waals surface area contributed by atoms with Gasteiger partial charge in [0.05, 0.1) is 13.2 Å². The number of ether oxygens (including phenoxy) is 2. The molecule has 24 heavy (non-hydrogen) atoms. The summed E-state index contributed by atoms with van der Waals surface area (Å²) in [5.74, 6) is 0.169. The van der Waals surface area contributed by atoms with Crippen molar-refractivity contribution in [2.24, 2.45) is 0 Å². The first-order valence-corrected chi connectivity index (χ1v) is 7.98. The Morgan fingerprint density at radius 3 is 2.71 bits per heavy atom. The molecule has 1 fully saturated rings. The summed E-state index contributed by atoms with van der Waals surface area (Å²) in [5.41, 5.74) is -3.04. The van der Waals surface area contributed by atoms with Crippen LogP contribution in [0.3, 0.4) is 0 Å². The molecule has 1 aromatic heterocycles. The number of alkyl halides is 1. The van der Waals surface area contributed by atoms with Crippen LogP contribution in [0.4, 0.5) is 0 Å². The van der Waals surface area contributed by atoms with Gasteiger partial charge in [-0.15, -0.1) is 11.6 Å². The highest BCUT2D eigenvalue weighted by Crippen LogP contribution is 2.38. The molecule has 0 amide bonds. The Hall–Kier alpha value is -1.23. The standard InChI is InChI=1S/C14H21ClN2O7/c1-7-5-17(13(22)16-12(7)21)14(8(2)23-4-3-15)11(20)10(19)9(6-18)24-14/h5,8-11,18-20H,3-4,6H2,1-2H3,(H,16,21,22)/t8?,9-,10-,11-,14-/m1/s1. The number of aromatic nitrogens is 2. The summed E-state index contributed by atoms with van der Waals surface area (Å²) in [5, 5.41) is 30.1. The van der Waals surface area contributed by atoms with Gasteiger partial charge in [-0.3, -0.25) is 14.3 Å². The maximum Gasteiger partial charge on any atom is 0.330 e. The average Bonchev–Trinajstić information content (AvgIpc) is 2.81. The van der Waals surface area contributed by atoms with Gasteiger partial charge in [0, 0.05) is 17.6 Å². The number of nitrogens with zero attached hydrogens (tertiary/aromatic N) is 1. The van der Waals surface area contributed by atoms with Crippen LogP contribution in [0.25, 0.3) is 0 Å². The highest BCUT2D eigenvalue weighted by atomic mass is 35.5. The van der Waals surface area contributed by atoms with Crippen LogP contribution in [0, 0.1) is 6.92 Å². The van der Waals surface area contributed by atoms with E-state index in [-0.39, 0.29) is 18.1 Å². The van der Waals surface area contributed by atoms with E-state index >= 15 is 0 Å². The number of H-pyrrole nitrogens is 1. The number of hydrogen-bond acceptors (Lipinski definition) is 7. The Kier molecular flexibility index (Phi) is 5.84. The van der Waals surface area contributed by atoms with Gasteiger partial charge in [-0.2, -0.15) is 0 Å². The second kappa shape index (κ2) is 7.34. The highest BCUT2D eigenvalue weighted by Gasteiger charge is 2.59.